The molecule has 0 fully saturated rings. The molecule has 1 amide bonds. The van der Waals surface area contributed by atoms with Crippen molar-refractivity contribution in [3.8, 4) is 0 Å². The molecule has 0 saturated heterocycles. The molecule has 0 aliphatic carbocycles. The monoisotopic (exact) mass is 567 g/mol. The maximum atomic E-state index is 14.9. The lowest BCUT2D eigenvalue weighted by atomic mass is 10.0. The van der Waals surface area contributed by atoms with Gasteiger partial charge in [-0.05, 0) is 46.9 Å². The molecule has 0 aromatic heterocycles. The number of amides is 1. The Morgan fingerprint density at radius 3 is 2.47 bits per heavy atom. The summed E-state index contributed by atoms with van der Waals surface area (Å²) in [7, 11) is 0. The van der Waals surface area contributed by atoms with Gasteiger partial charge in [0.2, 0.25) is 0 Å². The van der Waals surface area contributed by atoms with Crippen LogP contribution in [0.25, 0.3) is 0 Å². The molecule has 0 unspecified atom stereocenters. The molecule has 0 spiro atoms. The van der Waals surface area contributed by atoms with E-state index in [1.165, 1.54) is 12.1 Å². The molecule has 0 saturated carbocycles. The van der Waals surface area contributed by atoms with E-state index in [0.717, 1.165) is 12.1 Å². The average Bonchev–Trinajstić information content (AvgIpc) is 2.76. The lowest BCUT2D eigenvalue weighted by Gasteiger charge is -2.16. The molecule has 0 aliphatic heterocycles. The van der Waals surface area contributed by atoms with E-state index in [0.29, 0.717) is 3.57 Å². The lowest BCUT2D eigenvalue weighted by molar-refractivity contribution is 0.0168. The zero-order chi connectivity index (χ0) is 23.7. The van der Waals surface area contributed by atoms with Gasteiger partial charge in [-0.2, -0.15) is 0 Å². The number of amidine groups is 1. The SMILES string of the molecule is N=C(N=NOCCO)c1cc(C(=O)NOCCO)c(Nc2ccc(I)cc2F)c(F)c1F. The molecule has 5 N–H and O–H groups in total. The maximum Gasteiger partial charge on any atom is 0.277 e. The van der Waals surface area contributed by atoms with E-state index in [1.54, 1.807) is 0 Å². The van der Waals surface area contributed by atoms with Gasteiger partial charge >= 0.3 is 0 Å². The Kier molecular flexibility index (Phi) is 9.76. The minimum absolute atomic E-state index is 0.242. The molecule has 2 aromatic rings. The Hall–Kier alpha value is -2.82. The van der Waals surface area contributed by atoms with Crippen LogP contribution in [0.15, 0.2) is 34.7 Å². The number of nitrogens with zero attached hydrogens (tertiary/aromatic N) is 2. The van der Waals surface area contributed by atoms with Crippen molar-refractivity contribution in [2.24, 2.45) is 10.4 Å². The van der Waals surface area contributed by atoms with Crippen LogP contribution in [0.4, 0.5) is 24.5 Å². The summed E-state index contributed by atoms with van der Waals surface area (Å²) < 4.78 is 44.4. The quantitative estimate of drug-likeness (QED) is 0.0745. The second-order valence-electron chi connectivity index (χ2n) is 5.81. The number of hydroxylamine groups is 1. The number of aliphatic hydroxyl groups excluding tert-OH is 2. The van der Waals surface area contributed by atoms with Crippen molar-refractivity contribution in [2.45, 2.75) is 0 Å². The summed E-state index contributed by atoms with van der Waals surface area (Å²) >= 11 is 1.86. The highest BCUT2D eigenvalue weighted by molar-refractivity contribution is 14.1. The predicted octanol–water partition coefficient (Wildman–Crippen LogP) is 2.81. The van der Waals surface area contributed by atoms with Crippen molar-refractivity contribution in [2.75, 3.05) is 31.7 Å². The highest BCUT2D eigenvalue weighted by Crippen LogP contribution is 2.31. The number of benzene rings is 2. The van der Waals surface area contributed by atoms with Crippen molar-refractivity contribution in [3.63, 3.8) is 0 Å². The van der Waals surface area contributed by atoms with Gasteiger partial charge in [0.15, 0.2) is 17.5 Å². The first kappa shape index (κ1) is 25.4. The van der Waals surface area contributed by atoms with Gasteiger partial charge in [0.1, 0.15) is 12.4 Å². The smallest absolute Gasteiger partial charge is 0.277 e. The van der Waals surface area contributed by atoms with Gasteiger partial charge in [0, 0.05) is 8.85 Å². The molecule has 14 heteroatoms. The van der Waals surface area contributed by atoms with E-state index in [4.69, 9.17) is 20.5 Å². The van der Waals surface area contributed by atoms with E-state index in [1.807, 2.05) is 28.1 Å². The van der Waals surface area contributed by atoms with E-state index in [-0.39, 0.29) is 25.5 Å². The van der Waals surface area contributed by atoms with E-state index < -0.39 is 52.6 Å². The zero-order valence-corrected chi connectivity index (χ0v) is 18.3. The Morgan fingerprint density at radius 2 is 1.81 bits per heavy atom. The third-order valence-corrected chi connectivity index (χ3v) is 4.31. The number of rotatable bonds is 10. The first-order valence-corrected chi connectivity index (χ1v) is 9.87. The number of anilines is 2. The molecule has 0 atom stereocenters. The van der Waals surface area contributed by atoms with Gasteiger partial charge in [0.05, 0.1) is 42.3 Å². The van der Waals surface area contributed by atoms with Crippen LogP contribution in [0.1, 0.15) is 15.9 Å². The molecule has 0 aliphatic rings. The highest BCUT2D eigenvalue weighted by atomic mass is 127. The van der Waals surface area contributed by atoms with Crippen LogP contribution in [0.3, 0.4) is 0 Å². The fourth-order valence-electron chi connectivity index (χ4n) is 2.25. The fourth-order valence-corrected chi connectivity index (χ4v) is 2.70. The molecule has 0 bridgehead atoms. The largest absolute Gasteiger partial charge is 0.394 e. The minimum Gasteiger partial charge on any atom is -0.394 e. The normalized spacial score (nSPS) is 10.9. The Balaban J connectivity index is 2.50. The topological polar surface area (TPSA) is 149 Å². The number of nitrogens with one attached hydrogen (secondary N) is 3. The van der Waals surface area contributed by atoms with E-state index in [9.17, 15) is 18.0 Å². The van der Waals surface area contributed by atoms with E-state index in [2.05, 4.69) is 20.5 Å². The van der Waals surface area contributed by atoms with Gasteiger partial charge < -0.3 is 20.4 Å². The van der Waals surface area contributed by atoms with Crippen molar-refractivity contribution in [1.82, 2.24) is 5.48 Å². The second kappa shape index (κ2) is 12.3. The number of hydrogen-bond donors (Lipinski definition) is 5. The number of halogens is 4. The molecule has 10 nitrogen and oxygen atoms in total. The molecule has 0 heterocycles. The van der Waals surface area contributed by atoms with Gasteiger partial charge in [0.25, 0.3) is 5.91 Å². The van der Waals surface area contributed by atoms with Crippen LogP contribution < -0.4 is 10.8 Å². The van der Waals surface area contributed by atoms with Gasteiger partial charge in [-0.3, -0.25) is 15.0 Å². The minimum atomic E-state index is -1.59. The molecular weight excluding hydrogens is 550 g/mol. The van der Waals surface area contributed by atoms with Gasteiger partial charge in [-0.25, -0.2) is 18.7 Å². The van der Waals surface area contributed by atoms with Crippen LogP contribution in [0.2, 0.25) is 0 Å². The summed E-state index contributed by atoms with van der Waals surface area (Å²) in [5, 5.41) is 33.8. The summed E-state index contributed by atoms with van der Waals surface area (Å²) in [4.78, 5) is 21.7. The maximum absolute atomic E-state index is 14.9. The molecule has 0 radical (unpaired) electrons. The van der Waals surface area contributed by atoms with Crippen LogP contribution in [-0.4, -0.2) is 48.4 Å². The van der Waals surface area contributed by atoms with E-state index >= 15 is 0 Å². The first-order valence-electron chi connectivity index (χ1n) is 8.80. The van der Waals surface area contributed by atoms with Crippen molar-refractivity contribution in [1.29, 1.82) is 5.41 Å². The molecule has 2 rings (SSSR count). The zero-order valence-electron chi connectivity index (χ0n) is 16.2. The van der Waals surface area contributed by atoms with Crippen molar-refractivity contribution < 1.29 is 37.9 Å². The number of carbonyl (C=O) groups is 1. The molecule has 2 aromatic carbocycles. The standard InChI is InChI=1S/C18H17F3IN5O5/c19-12-7-9(22)1-2-13(12)24-16-11(18(30)26-31-5-3-28)8-10(14(20)15(16)21)17(23)25-27-32-6-4-29/h1-2,7-8,23-24,28-29H,3-6H2,(H,26,30). The Labute approximate surface area is 193 Å². The van der Waals surface area contributed by atoms with Crippen molar-refractivity contribution in [3.05, 3.63) is 56.4 Å². The third-order valence-electron chi connectivity index (χ3n) is 3.64. The van der Waals surface area contributed by atoms with Crippen LogP contribution in [0.5, 0.6) is 0 Å². The first-order chi connectivity index (χ1) is 15.3. The van der Waals surface area contributed by atoms with Crippen LogP contribution in [-0.2, 0) is 9.68 Å². The van der Waals surface area contributed by atoms with Gasteiger partial charge in [-0.15, -0.1) is 0 Å². The third kappa shape index (κ3) is 6.59. The molecule has 172 valence electrons. The summed E-state index contributed by atoms with van der Waals surface area (Å²) in [5.41, 5.74) is -0.344. The number of hydrogen-bond acceptors (Lipinski definition) is 8. The lowest BCUT2D eigenvalue weighted by Crippen LogP contribution is -2.27. The fraction of sp³-hybridized carbons (Fsp3) is 0.222. The highest BCUT2D eigenvalue weighted by Gasteiger charge is 2.25. The molecular formula is C18H17F3IN5O5. The Bertz CT molecular complexity index is 1020. The predicted molar refractivity (Wildman–Crippen MR) is 114 cm³/mol. The Morgan fingerprint density at radius 1 is 1.09 bits per heavy atom. The van der Waals surface area contributed by atoms with Crippen LogP contribution >= 0.6 is 22.6 Å². The summed E-state index contributed by atoms with van der Waals surface area (Å²) in [5.74, 6) is -5.91. The number of aliphatic hydroxyl groups is 2. The number of carbonyl (C=O) groups excluding carboxylic acids is 1. The average molecular weight is 567 g/mol. The summed E-state index contributed by atoms with van der Waals surface area (Å²) in [6.45, 7) is -1.35. The van der Waals surface area contributed by atoms with Crippen LogP contribution in [0, 0.1) is 26.4 Å². The summed E-state index contributed by atoms with van der Waals surface area (Å²) in [6, 6.07) is 4.69. The van der Waals surface area contributed by atoms with Gasteiger partial charge in [-0.1, -0.05) is 5.11 Å². The molecule has 32 heavy (non-hydrogen) atoms. The van der Waals surface area contributed by atoms with Crippen molar-refractivity contribution >= 4 is 45.7 Å². The summed E-state index contributed by atoms with van der Waals surface area (Å²) in [6.07, 6.45) is 0. The second-order valence-corrected chi connectivity index (χ2v) is 7.06.